The summed E-state index contributed by atoms with van der Waals surface area (Å²) in [5.41, 5.74) is 4.48. The second-order valence-corrected chi connectivity index (χ2v) is 8.19. The van der Waals surface area contributed by atoms with Gasteiger partial charge in [0.2, 0.25) is 0 Å². The lowest BCUT2D eigenvalue weighted by Crippen LogP contribution is -1.95. The van der Waals surface area contributed by atoms with E-state index in [2.05, 4.69) is 46.8 Å². The van der Waals surface area contributed by atoms with E-state index in [-0.39, 0.29) is 0 Å². The number of hydrogen-bond donors (Lipinski definition) is 0. The van der Waals surface area contributed by atoms with E-state index in [4.69, 9.17) is 9.72 Å². The van der Waals surface area contributed by atoms with E-state index >= 15 is 0 Å². The minimum Gasteiger partial charge on any atom is -0.497 e. The Kier molecular flexibility index (Phi) is 5.45. The third-order valence-electron chi connectivity index (χ3n) is 4.38. The predicted molar refractivity (Wildman–Crippen MR) is 115 cm³/mol. The normalized spacial score (nSPS) is 11.0. The van der Waals surface area contributed by atoms with E-state index < -0.39 is 0 Å². The smallest absolute Gasteiger partial charge is 0.191 e. The molecule has 0 aliphatic heterocycles. The highest BCUT2D eigenvalue weighted by Gasteiger charge is 2.13. The minimum atomic E-state index is 0.761. The molecule has 0 fully saturated rings. The first-order valence-electron chi connectivity index (χ1n) is 8.82. The molecule has 0 unspecified atom stereocenters. The number of rotatable bonds is 6. The molecule has 2 aromatic heterocycles. The second kappa shape index (κ2) is 8.16. The van der Waals surface area contributed by atoms with Gasteiger partial charge in [-0.15, -0.1) is 21.5 Å². The van der Waals surface area contributed by atoms with E-state index in [1.807, 2.05) is 35.9 Å². The molecule has 5 nitrogen and oxygen atoms in total. The van der Waals surface area contributed by atoms with Gasteiger partial charge in [-0.25, -0.2) is 4.98 Å². The minimum absolute atomic E-state index is 0.761. The molecule has 2 heterocycles. The van der Waals surface area contributed by atoms with Gasteiger partial charge in [-0.2, -0.15) is 0 Å². The van der Waals surface area contributed by atoms with Crippen molar-refractivity contribution in [3.63, 3.8) is 0 Å². The third kappa shape index (κ3) is 3.95. The Balaban J connectivity index is 1.45. The van der Waals surface area contributed by atoms with E-state index in [0.717, 1.165) is 44.3 Å². The Labute approximate surface area is 172 Å². The molecule has 4 rings (SSSR count). The van der Waals surface area contributed by atoms with Crippen molar-refractivity contribution in [1.29, 1.82) is 0 Å². The van der Waals surface area contributed by atoms with Crippen LogP contribution in [0.4, 0.5) is 0 Å². The maximum atomic E-state index is 5.21. The fraction of sp³-hybridized carbons (Fsp3) is 0.190. The van der Waals surface area contributed by atoms with E-state index in [1.54, 1.807) is 30.2 Å². The summed E-state index contributed by atoms with van der Waals surface area (Å²) in [7, 11) is 3.65. The molecule has 28 heavy (non-hydrogen) atoms. The maximum Gasteiger partial charge on any atom is 0.191 e. The van der Waals surface area contributed by atoms with Crippen LogP contribution in [-0.4, -0.2) is 26.9 Å². The van der Waals surface area contributed by atoms with Crippen molar-refractivity contribution in [2.75, 3.05) is 7.11 Å². The monoisotopic (exact) mass is 408 g/mol. The molecule has 2 aromatic carbocycles. The van der Waals surface area contributed by atoms with Crippen LogP contribution < -0.4 is 4.74 Å². The van der Waals surface area contributed by atoms with Crippen LogP contribution in [0.15, 0.2) is 59.1 Å². The van der Waals surface area contributed by atoms with Crippen molar-refractivity contribution in [2.24, 2.45) is 7.05 Å². The molecule has 0 saturated carbocycles. The van der Waals surface area contributed by atoms with Gasteiger partial charge in [0.05, 0.1) is 12.8 Å². The summed E-state index contributed by atoms with van der Waals surface area (Å²) in [5, 5.41) is 12.7. The second-order valence-electron chi connectivity index (χ2n) is 6.39. The highest BCUT2D eigenvalue weighted by Crippen LogP contribution is 2.29. The van der Waals surface area contributed by atoms with E-state index in [1.165, 1.54) is 5.56 Å². The van der Waals surface area contributed by atoms with Crippen molar-refractivity contribution in [3.8, 4) is 27.7 Å². The summed E-state index contributed by atoms with van der Waals surface area (Å²) in [6.45, 7) is 2.09. The molecule has 0 N–H and O–H groups in total. The number of hydrogen-bond acceptors (Lipinski definition) is 6. The van der Waals surface area contributed by atoms with E-state index in [9.17, 15) is 0 Å². The highest BCUT2D eigenvalue weighted by atomic mass is 32.2. The Morgan fingerprint density at radius 2 is 1.71 bits per heavy atom. The topological polar surface area (TPSA) is 52.8 Å². The molecule has 0 aliphatic rings. The van der Waals surface area contributed by atoms with Crippen molar-refractivity contribution >= 4 is 23.1 Å². The molecule has 0 atom stereocenters. The zero-order valence-electron chi connectivity index (χ0n) is 15.9. The SMILES string of the molecule is COc1ccc(-c2nnc(SCc3csc(-c4ccc(C)cc4)n3)n2C)cc1. The van der Waals surface area contributed by atoms with Gasteiger partial charge in [0, 0.05) is 29.3 Å². The van der Waals surface area contributed by atoms with Crippen LogP contribution >= 0.6 is 23.1 Å². The number of nitrogens with zero attached hydrogens (tertiary/aromatic N) is 4. The van der Waals surface area contributed by atoms with Crippen LogP contribution in [-0.2, 0) is 12.8 Å². The van der Waals surface area contributed by atoms with Crippen LogP contribution in [0.5, 0.6) is 5.75 Å². The average Bonchev–Trinajstić information content (AvgIpc) is 3.34. The van der Waals surface area contributed by atoms with Crippen LogP contribution in [0.1, 0.15) is 11.3 Å². The van der Waals surface area contributed by atoms with Crippen LogP contribution in [0, 0.1) is 6.92 Å². The summed E-state index contributed by atoms with van der Waals surface area (Å²) in [5.74, 6) is 2.42. The molecule has 0 amide bonds. The molecule has 0 bridgehead atoms. The van der Waals surface area contributed by atoms with Gasteiger partial charge in [0.15, 0.2) is 11.0 Å². The van der Waals surface area contributed by atoms with Crippen LogP contribution in [0.25, 0.3) is 22.0 Å². The number of thiazole rings is 1. The van der Waals surface area contributed by atoms with Gasteiger partial charge in [-0.3, -0.25) is 0 Å². The van der Waals surface area contributed by atoms with Crippen LogP contribution in [0.3, 0.4) is 0 Å². The first-order valence-corrected chi connectivity index (χ1v) is 10.7. The molecule has 0 saturated heterocycles. The molecule has 0 spiro atoms. The van der Waals surface area contributed by atoms with Gasteiger partial charge in [-0.1, -0.05) is 41.6 Å². The molecule has 7 heteroatoms. The number of aromatic nitrogens is 4. The highest BCUT2D eigenvalue weighted by molar-refractivity contribution is 7.98. The van der Waals surface area contributed by atoms with Gasteiger partial charge in [0.25, 0.3) is 0 Å². The number of methoxy groups -OCH3 is 1. The van der Waals surface area contributed by atoms with Crippen molar-refractivity contribution in [3.05, 3.63) is 65.2 Å². The van der Waals surface area contributed by atoms with Crippen molar-refractivity contribution < 1.29 is 4.74 Å². The van der Waals surface area contributed by atoms with Crippen molar-refractivity contribution in [2.45, 2.75) is 17.8 Å². The van der Waals surface area contributed by atoms with Crippen LogP contribution in [0.2, 0.25) is 0 Å². The van der Waals surface area contributed by atoms with Crippen molar-refractivity contribution in [1.82, 2.24) is 19.7 Å². The van der Waals surface area contributed by atoms with Gasteiger partial charge in [0.1, 0.15) is 10.8 Å². The van der Waals surface area contributed by atoms with E-state index in [0.29, 0.717) is 0 Å². The summed E-state index contributed by atoms with van der Waals surface area (Å²) in [6.07, 6.45) is 0. The summed E-state index contributed by atoms with van der Waals surface area (Å²) >= 11 is 3.32. The quantitative estimate of drug-likeness (QED) is 0.410. The Morgan fingerprint density at radius 1 is 1.00 bits per heavy atom. The lowest BCUT2D eigenvalue weighted by molar-refractivity contribution is 0.415. The molecule has 0 radical (unpaired) electrons. The Morgan fingerprint density at radius 3 is 2.43 bits per heavy atom. The summed E-state index contributed by atoms with van der Waals surface area (Å²) in [4.78, 5) is 4.77. The molecular formula is C21H20N4OS2. The average molecular weight is 409 g/mol. The largest absolute Gasteiger partial charge is 0.497 e. The number of ether oxygens (including phenoxy) is 1. The van der Waals surface area contributed by atoms with Gasteiger partial charge >= 0.3 is 0 Å². The molecular weight excluding hydrogens is 388 g/mol. The fourth-order valence-electron chi connectivity index (χ4n) is 2.77. The number of aryl methyl sites for hydroxylation is 1. The number of benzene rings is 2. The molecule has 4 aromatic rings. The van der Waals surface area contributed by atoms with Gasteiger partial charge in [-0.05, 0) is 31.2 Å². The summed E-state index contributed by atoms with van der Waals surface area (Å²) in [6, 6.07) is 16.3. The Hall–Kier alpha value is -2.64. The third-order valence-corrected chi connectivity index (χ3v) is 6.38. The Bertz CT molecular complexity index is 1070. The zero-order chi connectivity index (χ0) is 19.5. The lowest BCUT2D eigenvalue weighted by Gasteiger charge is -2.04. The lowest BCUT2D eigenvalue weighted by atomic mass is 10.2. The predicted octanol–water partition coefficient (Wildman–Crippen LogP) is 5.21. The van der Waals surface area contributed by atoms with Gasteiger partial charge < -0.3 is 9.30 Å². The zero-order valence-corrected chi connectivity index (χ0v) is 17.5. The number of thioether (sulfide) groups is 1. The fourth-order valence-corrected chi connectivity index (χ4v) is 4.51. The molecule has 142 valence electrons. The molecule has 0 aliphatic carbocycles. The maximum absolute atomic E-state index is 5.21. The summed E-state index contributed by atoms with van der Waals surface area (Å²) < 4.78 is 7.23. The first-order chi connectivity index (χ1) is 13.6. The standard InChI is InChI=1S/C21H20N4OS2/c1-14-4-6-16(7-5-14)20-22-17(12-27-20)13-28-21-24-23-19(25(21)2)15-8-10-18(26-3)11-9-15/h4-12H,13H2,1-3H3. The first kappa shape index (κ1) is 18.7.